The second kappa shape index (κ2) is 8.85. The minimum Gasteiger partial charge on any atom is -0.381 e. The topological polar surface area (TPSA) is 107 Å². The molecule has 1 saturated carbocycles. The van der Waals surface area contributed by atoms with Crippen molar-refractivity contribution >= 4 is 34.3 Å². The molecule has 0 saturated heterocycles. The molecule has 0 bridgehead atoms. The molecule has 7 nitrogen and oxygen atoms in total. The molecule has 8 heteroatoms. The average molecular weight is 427 g/mol. The number of aromatic nitrogens is 2. The molecule has 1 aromatic carbocycles. The first-order chi connectivity index (χ1) is 14.5. The summed E-state index contributed by atoms with van der Waals surface area (Å²) in [6, 6.07) is 12.1. The lowest BCUT2D eigenvalue weighted by molar-refractivity contribution is -0.131. The van der Waals surface area contributed by atoms with E-state index >= 15 is 0 Å². The van der Waals surface area contributed by atoms with Gasteiger partial charge in [-0.1, -0.05) is 41.9 Å². The Morgan fingerprint density at radius 2 is 2.00 bits per heavy atom. The number of amides is 2. The summed E-state index contributed by atoms with van der Waals surface area (Å²) in [5.74, 6) is -0.882. The van der Waals surface area contributed by atoms with Gasteiger partial charge in [-0.2, -0.15) is 0 Å². The van der Waals surface area contributed by atoms with Gasteiger partial charge in [0.1, 0.15) is 10.8 Å². The Hall–Kier alpha value is -2.90. The molecule has 4 N–H and O–H groups in total. The van der Waals surface area contributed by atoms with Gasteiger partial charge in [0, 0.05) is 11.4 Å². The highest BCUT2D eigenvalue weighted by Crippen LogP contribution is 2.20. The van der Waals surface area contributed by atoms with Gasteiger partial charge in [-0.05, 0) is 43.4 Å². The molecule has 156 valence electrons. The third-order valence-corrected chi connectivity index (χ3v) is 5.64. The Morgan fingerprint density at radius 1 is 1.23 bits per heavy atom. The standard InChI is InChI=1S/C22H23ClN4O3/c23-19-11-14-10-17(26-18(14)12-24-19)21(29)27-16(9-13-5-2-1-3-6-13)20(28)22(30)25-15-7-4-8-15/h1-3,5-6,10-12,15-16,20,26,28H,4,7-9H2,(H,25,30)(H,27,29)/t16-,20+/m0/s1. The van der Waals surface area contributed by atoms with E-state index in [1.165, 1.54) is 0 Å². The van der Waals surface area contributed by atoms with Gasteiger partial charge >= 0.3 is 0 Å². The van der Waals surface area contributed by atoms with Gasteiger partial charge in [-0.15, -0.1) is 0 Å². The molecule has 2 amide bonds. The van der Waals surface area contributed by atoms with Crippen molar-refractivity contribution in [1.82, 2.24) is 20.6 Å². The summed E-state index contributed by atoms with van der Waals surface area (Å²) in [5.41, 5.74) is 1.89. The molecule has 30 heavy (non-hydrogen) atoms. The Labute approximate surface area is 178 Å². The van der Waals surface area contributed by atoms with Crippen molar-refractivity contribution in [2.75, 3.05) is 0 Å². The number of hydrogen-bond donors (Lipinski definition) is 4. The largest absolute Gasteiger partial charge is 0.381 e. The number of carbonyl (C=O) groups excluding carboxylic acids is 2. The summed E-state index contributed by atoms with van der Waals surface area (Å²) in [6.45, 7) is 0. The van der Waals surface area contributed by atoms with Crippen LogP contribution in [0.3, 0.4) is 0 Å². The number of aliphatic hydroxyl groups is 1. The molecule has 0 aliphatic heterocycles. The summed E-state index contributed by atoms with van der Waals surface area (Å²) >= 11 is 5.91. The van der Waals surface area contributed by atoms with Crippen LogP contribution in [0.1, 0.15) is 35.3 Å². The summed E-state index contributed by atoms with van der Waals surface area (Å²) in [7, 11) is 0. The van der Waals surface area contributed by atoms with E-state index in [2.05, 4.69) is 20.6 Å². The number of rotatable bonds is 7. The maximum atomic E-state index is 12.9. The smallest absolute Gasteiger partial charge is 0.268 e. The van der Waals surface area contributed by atoms with Gasteiger partial charge < -0.3 is 20.7 Å². The molecule has 0 radical (unpaired) electrons. The lowest BCUT2D eigenvalue weighted by Crippen LogP contribution is -2.54. The molecule has 4 rings (SSSR count). The fraction of sp³-hybridized carbons (Fsp3) is 0.318. The van der Waals surface area contributed by atoms with Crippen molar-refractivity contribution in [1.29, 1.82) is 0 Å². The second-order valence-corrected chi connectivity index (χ2v) is 8.02. The first-order valence-corrected chi connectivity index (χ1v) is 10.3. The Bertz CT molecular complexity index is 1050. The van der Waals surface area contributed by atoms with Crippen LogP contribution in [-0.4, -0.2) is 45.1 Å². The maximum absolute atomic E-state index is 12.9. The van der Waals surface area contributed by atoms with E-state index in [-0.39, 0.29) is 6.04 Å². The molecule has 0 unspecified atom stereocenters. The highest BCUT2D eigenvalue weighted by atomic mass is 35.5. The van der Waals surface area contributed by atoms with E-state index in [0.29, 0.717) is 22.8 Å². The molecule has 1 aliphatic carbocycles. The number of nitrogens with zero attached hydrogens (tertiary/aromatic N) is 1. The van der Waals surface area contributed by atoms with Crippen LogP contribution in [0, 0.1) is 0 Å². The molecule has 2 aromatic heterocycles. The number of pyridine rings is 1. The number of hydrogen-bond acceptors (Lipinski definition) is 4. The van der Waals surface area contributed by atoms with Gasteiger partial charge in [0.2, 0.25) is 0 Å². The van der Waals surface area contributed by atoms with Gasteiger partial charge in [0.05, 0.1) is 17.8 Å². The zero-order chi connectivity index (χ0) is 21.1. The van der Waals surface area contributed by atoms with Crippen molar-refractivity contribution in [3.05, 3.63) is 65.1 Å². The molecule has 2 atom stereocenters. The summed E-state index contributed by atoms with van der Waals surface area (Å²) in [5, 5.41) is 17.5. The lowest BCUT2D eigenvalue weighted by atomic mass is 9.92. The number of H-pyrrole nitrogens is 1. The Balaban J connectivity index is 1.52. The SMILES string of the molecule is O=C(N[C@@H](Cc1ccccc1)[C@@H](O)C(=O)NC1CCC1)c1cc2cc(Cl)ncc2[nH]1. The van der Waals surface area contributed by atoms with Crippen LogP contribution in [0.4, 0.5) is 0 Å². The van der Waals surface area contributed by atoms with E-state index in [1.807, 2.05) is 30.3 Å². The van der Waals surface area contributed by atoms with Crippen molar-refractivity contribution in [2.24, 2.45) is 0 Å². The van der Waals surface area contributed by atoms with E-state index < -0.39 is 24.0 Å². The van der Waals surface area contributed by atoms with Crippen molar-refractivity contribution in [3.63, 3.8) is 0 Å². The number of nitrogens with one attached hydrogen (secondary N) is 3. The lowest BCUT2D eigenvalue weighted by Gasteiger charge is -2.30. The van der Waals surface area contributed by atoms with Crippen LogP contribution in [-0.2, 0) is 11.2 Å². The number of carbonyl (C=O) groups is 2. The monoisotopic (exact) mass is 426 g/mol. The number of aromatic amines is 1. The number of aliphatic hydroxyl groups excluding tert-OH is 1. The van der Waals surface area contributed by atoms with Crippen molar-refractivity contribution in [2.45, 2.75) is 43.9 Å². The minimum atomic E-state index is -1.37. The van der Waals surface area contributed by atoms with Crippen LogP contribution in [0.2, 0.25) is 5.15 Å². The van der Waals surface area contributed by atoms with E-state index in [4.69, 9.17) is 11.6 Å². The van der Waals surface area contributed by atoms with Crippen LogP contribution < -0.4 is 10.6 Å². The summed E-state index contributed by atoms with van der Waals surface area (Å²) < 4.78 is 0. The molecular formula is C22H23ClN4O3. The number of benzene rings is 1. The molecule has 0 spiro atoms. The first kappa shape index (κ1) is 20.4. The zero-order valence-electron chi connectivity index (χ0n) is 16.3. The fourth-order valence-corrected chi connectivity index (χ4v) is 3.67. The quantitative estimate of drug-likeness (QED) is 0.435. The molecule has 2 heterocycles. The molecule has 1 aliphatic rings. The first-order valence-electron chi connectivity index (χ1n) is 9.97. The van der Waals surface area contributed by atoms with E-state index in [1.54, 1.807) is 18.3 Å². The van der Waals surface area contributed by atoms with Gasteiger partial charge in [-0.25, -0.2) is 4.98 Å². The number of halogens is 1. The van der Waals surface area contributed by atoms with Crippen LogP contribution >= 0.6 is 11.6 Å². The normalized spacial score (nSPS) is 15.9. The fourth-order valence-electron chi connectivity index (χ4n) is 3.50. The highest BCUT2D eigenvalue weighted by molar-refractivity contribution is 6.30. The Morgan fingerprint density at radius 3 is 2.70 bits per heavy atom. The van der Waals surface area contributed by atoms with Crippen LogP contribution in [0.15, 0.2) is 48.7 Å². The minimum absolute atomic E-state index is 0.103. The van der Waals surface area contributed by atoms with E-state index in [0.717, 1.165) is 30.2 Å². The zero-order valence-corrected chi connectivity index (χ0v) is 17.0. The number of fused-ring (bicyclic) bond motifs is 1. The van der Waals surface area contributed by atoms with Crippen LogP contribution in [0.5, 0.6) is 0 Å². The van der Waals surface area contributed by atoms with Gasteiger partial charge in [-0.3, -0.25) is 9.59 Å². The third-order valence-electron chi connectivity index (χ3n) is 5.43. The predicted octanol–water partition coefficient (Wildman–Crippen LogP) is 2.59. The Kier molecular flexibility index (Phi) is 6.01. The van der Waals surface area contributed by atoms with Crippen molar-refractivity contribution in [3.8, 4) is 0 Å². The average Bonchev–Trinajstić information content (AvgIpc) is 3.13. The second-order valence-electron chi connectivity index (χ2n) is 7.63. The van der Waals surface area contributed by atoms with E-state index in [9.17, 15) is 14.7 Å². The van der Waals surface area contributed by atoms with Gasteiger partial charge in [0.25, 0.3) is 11.8 Å². The third kappa shape index (κ3) is 4.63. The molecular weight excluding hydrogens is 404 g/mol. The predicted molar refractivity (Wildman–Crippen MR) is 114 cm³/mol. The van der Waals surface area contributed by atoms with Crippen LogP contribution in [0.25, 0.3) is 10.9 Å². The molecule has 3 aromatic rings. The maximum Gasteiger partial charge on any atom is 0.268 e. The summed E-state index contributed by atoms with van der Waals surface area (Å²) in [6.07, 6.45) is 3.41. The highest BCUT2D eigenvalue weighted by Gasteiger charge is 2.31. The van der Waals surface area contributed by atoms with Gasteiger partial charge in [0.15, 0.2) is 6.10 Å². The molecule has 1 fully saturated rings. The summed E-state index contributed by atoms with van der Waals surface area (Å²) in [4.78, 5) is 32.4. The van der Waals surface area contributed by atoms with Crippen molar-refractivity contribution < 1.29 is 14.7 Å².